The minimum absolute atomic E-state index is 0.0165. The second-order valence-corrected chi connectivity index (χ2v) is 8.63. The van der Waals surface area contributed by atoms with Crippen molar-refractivity contribution in [1.29, 1.82) is 0 Å². The van der Waals surface area contributed by atoms with Crippen molar-refractivity contribution in [3.63, 3.8) is 0 Å². The molecule has 0 fully saturated rings. The first kappa shape index (κ1) is 20.4. The average molecular weight is 353 g/mol. The molecular formula is C27H28. The molecule has 0 amide bonds. The van der Waals surface area contributed by atoms with Crippen LogP contribution in [0.1, 0.15) is 63.8 Å². The van der Waals surface area contributed by atoms with Gasteiger partial charge in [0.2, 0.25) is 0 Å². The highest BCUT2D eigenvalue weighted by Gasteiger charge is 2.05. The van der Waals surface area contributed by atoms with Gasteiger partial charge in [0.15, 0.2) is 0 Å². The lowest BCUT2D eigenvalue weighted by Gasteiger charge is -2.07. The fraction of sp³-hybridized carbons (Fsp3) is 0.296. The zero-order valence-corrected chi connectivity index (χ0v) is 17.3. The van der Waals surface area contributed by atoms with Crippen LogP contribution in [0.5, 0.6) is 0 Å². The Morgan fingerprint density at radius 3 is 1.33 bits per heavy atom. The predicted molar refractivity (Wildman–Crippen MR) is 118 cm³/mol. The molecule has 27 heavy (non-hydrogen) atoms. The molecule has 2 aromatic carbocycles. The van der Waals surface area contributed by atoms with Crippen molar-refractivity contribution in [2.45, 2.75) is 41.5 Å². The molecule has 0 heterocycles. The summed E-state index contributed by atoms with van der Waals surface area (Å²) in [5.41, 5.74) is 7.46. The summed E-state index contributed by atoms with van der Waals surface area (Å²) in [5, 5.41) is 0. The van der Waals surface area contributed by atoms with E-state index in [1.54, 1.807) is 0 Å². The molecule has 0 saturated heterocycles. The summed E-state index contributed by atoms with van der Waals surface area (Å²) in [5.74, 6) is 13.2. The van der Waals surface area contributed by atoms with Crippen LogP contribution < -0.4 is 0 Å². The molecule has 0 heteroatoms. The highest BCUT2D eigenvalue weighted by Crippen LogP contribution is 2.15. The van der Waals surface area contributed by atoms with Crippen molar-refractivity contribution >= 4 is 12.2 Å². The summed E-state index contributed by atoms with van der Waals surface area (Å²) in [6, 6.07) is 16.3. The molecule has 0 saturated carbocycles. The summed E-state index contributed by atoms with van der Waals surface area (Å²) < 4.78 is 0. The van der Waals surface area contributed by atoms with Crippen LogP contribution in [0.4, 0.5) is 0 Å². The SMILES string of the molecule is CC(C)(C)C#Cc1ccccc1C=C=Cc1ccccc1C#CC(C)(C)C. The van der Waals surface area contributed by atoms with Crippen LogP contribution in [-0.2, 0) is 0 Å². The van der Waals surface area contributed by atoms with Gasteiger partial charge in [-0.1, -0.05) is 60.1 Å². The van der Waals surface area contributed by atoms with E-state index >= 15 is 0 Å². The number of rotatable bonds is 2. The van der Waals surface area contributed by atoms with E-state index in [-0.39, 0.29) is 10.8 Å². The van der Waals surface area contributed by atoms with E-state index < -0.39 is 0 Å². The van der Waals surface area contributed by atoms with Gasteiger partial charge in [0.25, 0.3) is 0 Å². The molecule has 0 radical (unpaired) electrons. The topological polar surface area (TPSA) is 0 Å². The normalized spacial score (nSPS) is 10.6. The maximum atomic E-state index is 3.31. The number of hydrogen-bond donors (Lipinski definition) is 0. The first-order valence-corrected chi connectivity index (χ1v) is 9.31. The fourth-order valence-corrected chi connectivity index (χ4v) is 2.20. The molecule has 2 aromatic rings. The second-order valence-electron chi connectivity index (χ2n) is 8.63. The standard InChI is InChI=1S/C27H28/c1-26(2,3)20-18-24-14-9-7-12-22(24)16-11-17-23-13-8-10-15-25(23)19-21-27(4,5)6/h7-10,12-17H,1-6H3. The first-order valence-electron chi connectivity index (χ1n) is 9.31. The van der Waals surface area contributed by atoms with Gasteiger partial charge in [-0.05, 0) is 77.0 Å². The van der Waals surface area contributed by atoms with Gasteiger partial charge in [-0.3, -0.25) is 0 Å². The van der Waals surface area contributed by atoms with Gasteiger partial charge in [0.1, 0.15) is 0 Å². The molecule has 0 bridgehead atoms. The van der Waals surface area contributed by atoms with Crippen LogP contribution in [0, 0.1) is 34.5 Å². The van der Waals surface area contributed by atoms with Crippen molar-refractivity contribution in [3.8, 4) is 23.7 Å². The van der Waals surface area contributed by atoms with Gasteiger partial charge < -0.3 is 0 Å². The molecule has 0 nitrogen and oxygen atoms in total. The third kappa shape index (κ3) is 7.46. The highest BCUT2D eigenvalue weighted by atomic mass is 14.1. The molecule has 136 valence electrons. The third-order valence-electron chi connectivity index (χ3n) is 3.54. The van der Waals surface area contributed by atoms with Crippen molar-refractivity contribution in [3.05, 3.63) is 76.5 Å². The summed E-state index contributed by atoms with van der Waals surface area (Å²) in [6.45, 7) is 12.7. The fourth-order valence-electron chi connectivity index (χ4n) is 2.20. The summed E-state index contributed by atoms with van der Waals surface area (Å²) in [7, 11) is 0. The maximum absolute atomic E-state index is 3.31. The molecule has 0 N–H and O–H groups in total. The Bertz CT molecular complexity index is 895. The highest BCUT2D eigenvalue weighted by molar-refractivity contribution is 5.65. The van der Waals surface area contributed by atoms with Crippen LogP contribution in [0.3, 0.4) is 0 Å². The lowest BCUT2D eigenvalue weighted by Crippen LogP contribution is -1.99. The van der Waals surface area contributed by atoms with Crippen molar-refractivity contribution in [2.75, 3.05) is 0 Å². The van der Waals surface area contributed by atoms with E-state index in [0.29, 0.717) is 0 Å². The molecule has 2 rings (SSSR count). The van der Waals surface area contributed by atoms with Crippen LogP contribution >= 0.6 is 0 Å². The van der Waals surface area contributed by atoms with Gasteiger partial charge in [-0.25, -0.2) is 0 Å². The number of benzene rings is 2. The molecule has 0 spiro atoms. The zero-order chi connectivity index (χ0) is 19.9. The molecule has 0 unspecified atom stereocenters. The van der Waals surface area contributed by atoms with Crippen LogP contribution in [0.2, 0.25) is 0 Å². The second kappa shape index (κ2) is 8.64. The monoisotopic (exact) mass is 352 g/mol. The van der Waals surface area contributed by atoms with Gasteiger partial charge in [-0.15, -0.1) is 5.73 Å². The van der Waals surface area contributed by atoms with Crippen molar-refractivity contribution < 1.29 is 0 Å². The maximum Gasteiger partial charge on any atom is 0.0324 e. The average Bonchev–Trinajstić information content (AvgIpc) is 2.58. The molecule has 0 atom stereocenters. The van der Waals surface area contributed by atoms with Gasteiger partial charge in [0, 0.05) is 22.0 Å². The Labute approximate surface area is 165 Å². The minimum Gasteiger partial charge on any atom is -0.119 e. The van der Waals surface area contributed by atoms with E-state index in [2.05, 4.69) is 95.2 Å². The van der Waals surface area contributed by atoms with Gasteiger partial charge >= 0.3 is 0 Å². The van der Waals surface area contributed by atoms with Crippen molar-refractivity contribution in [2.24, 2.45) is 10.8 Å². The lowest BCUT2D eigenvalue weighted by molar-refractivity contribution is 0.570. The minimum atomic E-state index is -0.0165. The van der Waals surface area contributed by atoms with Crippen molar-refractivity contribution in [1.82, 2.24) is 0 Å². The first-order chi connectivity index (χ1) is 12.6. The molecule has 0 aliphatic carbocycles. The van der Waals surface area contributed by atoms with E-state index in [1.165, 1.54) is 0 Å². The predicted octanol–water partition coefficient (Wildman–Crippen LogP) is 6.81. The van der Waals surface area contributed by atoms with E-state index in [0.717, 1.165) is 22.3 Å². The Morgan fingerprint density at radius 1 is 0.593 bits per heavy atom. The Kier molecular flexibility index (Phi) is 6.53. The zero-order valence-electron chi connectivity index (χ0n) is 17.3. The smallest absolute Gasteiger partial charge is 0.0324 e. The Balaban J connectivity index is 2.36. The molecule has 0 aromatic heterocycles. The van der Waals surface area contributed by atoms with E-state index in [9.17, 15) is 0 Å². The van der Waals surface area contributed by atoms with Crippen LogP contribution in [-0.4, -0.2) is 0 Å². The van der Waals surface area contributed by atoms with E-state index in [1.807, 2.05) is 36.4 Å². The Hall–Kier alpha value is -2.92. The van der Waals surface area contributed by atoms with E-state index in [4.69, 9.17) is 0 Å². The lowest BCUT2D eigenvalue weighted by atomic mass is 9.96. The molecular weight excluding hydrogens is 324 g/mol. The third-order valence-corrected chi connectivity index (χ3v) is 3.54. The summed E-state index contributed by atoms with van der Waals surface area (Å²) in [4.78, 5) is 0. The largest absolute Gasteiger partial charge is 0.119 e. The molecule has 0 aliphatic rings. The summed E-state index contributed by atoms with van der Waals surface area (Å²) >= 11 is 0. The van der Waals surface area contributed by atoms with Crippen LogP contribution in [0.25, 0.3) is 12.2 Å². The summed E-state index contributed by atoms with van der Waals surface area (Å²) in [6.07, 6.45) is 3.97. The number of hydrogen-bond acceptors (Lipinski definition) is 0. The van der Waals surface area contributed by atoms with Gasteiger partial charge in [-0.2, -0.15) is 0 Å². The van der Waals surface area contributed by atoms with Crippen LogP contribution in [0.15, 0.2) is 54.3 Å². The Morgan fingerprint density at radius 2 is 0.963 bits per heavy atom. The van der Waals surface area contributed by atoms with Gasteiger partial charge in [0.05, 0.1) is 0 Å². The molecule has 0 aliphatic heterocycles. The quantitative estimate of drug-likeness (QED) is 0.411.